The maximum absolute atomic E-state index is 6.16. The first kappa shape index (κ1) is 13.3. The van der Waals surface area contributed by atoms with Crippen molar-refractivity contribution in [2.24, 2.45) is 5.73 Å². The second-order valence-corrected chi connectivity index (χ2v) is 6.10. The molecule has 0 aromatic heterocycles. The van der Waals surface area contributed by atoms with Gasteiger partial charge in [0, 0.05) is 18.6 Å². The van der Waals surface area contributed by atoms with E-state index in [1.54, 1.807) is 0 Å². The third kappa shape index (κ3) is 3.27. The van der Waals surface area contributed by atoms with Crippen molar-refractivity contribution in [3.8, 4) is 11.1 Å². The maximum atomic E-state index is 6.16. The third-order valence-electron chi connectivity index (χ3n) is 3.99. The lowest BCUT2D eigenvalue weighted by atomic mass is 10.0. The monoisotopic (exact) mass is 266 g/mol. The summed E-state index contributed by atoms with van der Waals surface area (Å²) in [6.07, 6.45) is 2.34. The Morgan fingerprint density at radius 1 is 0.950 bits per heavy atom. The van der Waals surface area contributed by atoms with Crippen LogP contribution < -0.4 is 5.73 Å². The molecule has 2 nitrogen and oxygen atoms in total. The molecule has 0 spiro atoms. The number of rotatable bonds is 5. The number of likely N-dealkylation sites (N-methyl/N-ethyl adjacent to an activating group) is 1. The Morgan fingerprint density at radius 2 is 1.55 bits per heavy atom. The molecule has 2 heteroatoms. The van der Waals surface area contributed by atoms with Crippen LogP contribution in [-0.4, -0.2) is 24.0 Å². The molecule has 1 aliphatic carbocycles. The molecule has 2 aromatic carbocycles. The van der Waals surface area contributed by atoms with Gasteiger partial charge in [-0.3, -0.25) is 0 Å². The standard InChI is InChI=1S/C18H22N2/c1-20(14-18(19)11-12-18)13-15-7-9-17(10-8-15)16-5-3-2-4-6-16/h2-10H,11-14,19H2,1H3. The van der Waals surface area contributed by atoms with Crippen LogP contribution in [0.2, 0.25) is 0 Å². The van der Waals surface area contributed by atoms with Gasteiger partial charge in [-0.05, 0) is 36.6 Å². The van der Waals surface area contributed by atoms with Gasteiger partial charge >= 0.3 is 0 Å². The molecule has 104 valence electrons. The minimum atomic E-state index is 0.0960. The molecule has 2 aromatic rings. The van der Waals surface area contributed by atoms with Crippen LogP contribution in [0.1, 0.15) is 18.4 Å². The van der Waals surface area contributed by atoms with Crippen LogP contribution in [0.25, 0.3) is 11.1 Å². The van der Waals surface area contributed by atoms with Crippen LogP contribution >= 0.6 is 0 Å². The van der Waals surface area contributed by atoms with Gasteiger partial charge in [0.25, 0.3) is 0 Å². The van der Waals surface area contributed by atoms with Crippen molar-refractivity contribution in [1.82, 2.24) is 4.90 Å². The molecule has 0 bridgehead atoms. The Bertz CT molecular complexity index is 556. The first-order chi connectivity index (χ1) is 9.65. The van der Waals surface area contributed by atoms with E-state index in [9.17, 15) is 0 Å². The van der Waals surface area contributed by atoms with Crippen molar-refractivity contribution in [1.29, 1.82) is 0 Å². The smallest absolute Gasteiger partial charge is 0.0284 e. The molecule has 0 saturated heterocycles. The van der Waals surface area contributed by atoms with E-state index in [0.29, 0.717) is 0 Å². The van der Waals surface area contributed by atoms with Crippen molar-refractivity contribution in [2.45, 2.75) is 24.9 Å². The van der Waals surface area contributed by atoms with Gasteiger partial charge in [0.2, 0.25) is 0 Å². The zero-order chi connectivity index (χ0) is 14.0. The highest BCUT2D eigenvalue weighted by atomic mass is 15.1. The lowest BCUT2D eigenvalue weighted by Crippen LogP contribution is -2.36. The lowest BCUT2D eigenvalue weighted by Gasteiger charge is -2.20. The lowest BCUT2D eigenvalue weighted by molar-refractivity contribution is 0.296. The van der Waals surface area contributed by atoms with Crippen LogP contribution in [0.15, 0.2) is 54.6 Å². The van der Waals surface area contributed by atoms with Gasteiger partial charge in [-0.15, -0.1) is 0 Å². The Labute approximate surface area is 121 Å². The fraction of sp³-hybridized carbons (Fsp3) is 0.333. The largest absolute Gasteiger partial charge is 0.324 e. The average molecular weight is 266 g/mol. The molecule has 3 rings (SSSR count). The minimum absolute atomic E-state index is 0.0960. The molecule has 0 aliphatic heterocycles. The topological polar surface area (TPSA) is 29.3 Å². The van der Waals surface area contributed by atoms with Gasteiger partial charge in [0.05, 0.1) is 0 Å². The molecule has 1 fully saturated rings. The molecule has 0 amide bonds. The van der Waals surface area contributed by atoms with E-state index in [0.717, 1.165) is 13.1 Å². The molecular formula is C18H22N2. The second kappa shape index (κ2) is 5.39. The van der Waals surface area contributed by atoms with E-state index in [1.165, 1.54) is 29.5 Å². The van der Waals surface area contributed by atoms with Crippen LogP contribution in [0.5, 0.6) is 0 Å². The SMILES string of the molecule is CN(Cc1ccc(-c2ccccc2)cc1)CC1(N)CC1. The summed E-state index contributed by atoms with van der Waals surface area (Å²) in [6.45, 7) is 1.96. The van der Waals surface area contributed by atoms with Crippen molar-refractivity contribution in [3.63, 3.8) is 0 Å². The molecular weight excluding hydrogens is 244 g/mol. The van der Waals surface area contributed by atoms with Gasteiger partial charge in [0.1, 0.15) is 0 Å². The summed E-state index contributed by atoms with van der Waals surface area (Å²) in [5, 5.41) is 0. The Kier molecular flexibility index (Phi) is 3.60. The molecule has 2 N–H and O–H groups in total. The first-order valence-corrected chi connectivity index (χ1v) is 7.26. The van der Waals surface area contributed by atoms with Crippen molar-refractivity contribution < 1.29 is 0 Å². The van der Waals surface area contributed by atoms with Gasteiger partial charge in [-0.2, -0.15) is 0 Å². The highest BCUT2D eigenvalue weighted by molar-refractivity contribution is 5.63. The molecule has 0 atom stereocenters. The highest BCUT2D eigenvalue weighted by Gasteiger charge is 2.38. The number of benzene rings is 2. The zero-order valence-electron chi connectivity index (χ0n) is 12.0. The Balaban J connectivity index is 1.64. The Morgan fingerprint density at radius 3 is 2.15 bits per heavy atom. The Hall–Kier alpha value is -1.64. The number of hydrogen-bond acceptors (Lipinski definition) is 2. The van der Waals surface area contributed by atoms with Crippen molar-refractivity contribution in [3.05, 3.63) is 60.2 Å². The number of nitrogens with two attached hydrogens (primary N) is 1. The number of hydrogen-bond donors (Lipinski definition) is 1. The average Bonchev–Trinajstić information content (AvgIpc) is 3.17. The molecule has 20 heavy (non-hydrogen) atoms. The summed E-state index contributed by atoms with van der Waals surface area (Å²) in [4.78, 5) is 2.32. The quantitative estimate of drug-likeness (QED) is 0.900. The second-order valence-electron chi connectivity index (χ2n) is 6.10. The highest BCUT2D eigenvalue weighted by Crippen LogP contribution is 2.32. The van der Waals surface area contributed by atoms with E-state index in [1.807, 2.05) is 6.07 Å². The molecule has 1 saturated carbocycles. The van der Waals surface area contributed by atoms with Gasteiger partial charge in [-0.25, -0.2) is 0 Å². The van der Waals surface area contributed by atoms with Gasteiger partial charge < -0.3 is 10.6 Å². The first-order valence-electron chi connectivity index (χ1n) is 7.26. The predicted molar refractivity (Wildman–Crippen MR) is 84.4 cm³/mol. The van der Waals surface area contributed by atoms with E-state index in [4.69, 9.17) is 5.73 Å². The van der Waals surface area contributed by atoms with Gasteiger partial charge in [-0.1, -0.05) is 54.6 Å². The summed E-state index contributed by atoms with van der Waals surface area (Å²) in [5.41, 5.74) is 10.1. The molecule has 0 heterocycles. The normalized spacial score (nSPS) is 16.4. The minimum Gasteiger partial charge on any atom is -0.324 e. The van der Waals surface area contributed by atoms with E-state index < -0.39 is 0 Å². The van der Waals surface area contributed by atoms with Crippen LogP contribution in [0, 0.1) is 0 Å². The third-order valence-corrected chi connectivity index (χ3v) is 3.99. The van der Waals surface area contributed by atoms with E-state index >= 15 is 0 Å². The fourth-order valence-electron chi connectivity index (χ4n) is 2.66. The maximum Gasteiger partial charge on any atom is 0.0284 e. The summed E-state index contributed by atoms with van der Waals surface area (Å²) in [5.74, 6) is 0. The van der Waals surface area contributed by atoms with Crippen molar-refractivity contribution in [2.75, 3.05) is 13.6 Å². The van der Waals surface area contributed by atoms with Gasteiger partial charge in [0.15, 0.2) is 0 Å². The number of nitrogens with zero attached hydrogens (tertiary/aromatic N) is 1. The van der Waals surface area contributed by atoms with E-state index in [-0.39, 0.29) is 5.54 Å². The van der Waals surface area contributed by atoms with Crippen LogP contribution in [0.4, 0.5) is 0 Å². The van der Waals surface area contributed by atoms with Crippen LogP contribution in [0.3, 0.4) is 0 Å². The summed E-state index contributed by atoms with van der Waals surface area (Å²) in [7, 11) is 2.15. The van der Waals surface area contributed by atoms with Crippen LogP contribution in [-0.2, 0) is 6.54 Å². The summed E-state index contributed by atoms with van der Waals surface area (Å²) in [6, 6.07) is 19.3. The molecule has 1 aliphatic rings. The fourth-order valence-corrected chi connectivity index (χ4v) is 2.66. The molecule has 0 radical (unpaired) electrons. The summed E-state index contributed by atoms with van der Waals surface area (Å²) >= 11 is 0. The van der Waals surface area contributed by atoms with Crippen molar-refractivity contribution >= 4 is 0 Å². The summed E-state index contributed by atoms with van der Waals surface area (Å²) < 4.78 is 0. The molecule has 0 unspecified atom stereocenters. The van der Waals surface area contributed by atoms with E-state index in [2.05, 4.69) is 60.5 Å². The predicted octanol–water partition coefficient (Wildman–Crippen LogP) is 3.28. The zero-order valence-corrected chi connectivity index (χ0v) is 12.0.